The second-order valence-corrected chi connectivity index (χ2v) is 6.71. The normalized spacial score (nSPS) is 27.4. The molecular weight excluding hydrogens is 234 g/mol. The quantitative estimate of drug-likeness (QED) is 0.907. The summed E-state index contributed by atoms with van der Waals surface area (Å²) in [5.74, 6) is 0. The minimum absolute atomic E-state index is 0.179. The highest BCUT2D eigenvalue weighted by atomic mass is 15.3. The van der Waals surface area contributed by atoms with Gasteiger partial charge in [0.1, 0.15) is 0 Å². The summed E-state index contributed by atoms with van der Waals surface area (Å²) in [5, 5.41) is 3.66. The average molecular weight is 261 g/mol. The molecule has 1 aliphatic rings. The van der Waals surface area contributed by atoms with Gasteiger partial charge in [-0.1, -0.05) is 13.0 Å². The molecule has 2 heterocycles. The number of nitrogens with one attached hydrogen (secondary N) is 1. The van der Waals surface area contributed by atoms with Crippen molar-refractivity contribution in [1.82, 2.24) is 15.2 Å². The summed E-state index contributed by atoms with van der Waals surface area (Å²) in [5.41, 5.74) is 2.68. The van der Waals surface area contributed by atoms with Crippen LogP contribution < -0.4 is 5.32 Å². The van der Waals surface area contributed by atoms with Crippen molar-refractivity contribution in [2.75, 3.05) is 13.1 Å². The second kappa shape index (κ2) is 5.22. The first-order chi connectivity index (χ1) is 8.85. The lowest BCUT2D eigenvalue weighted by molar-refractivity contribution is 0.0165. The third kappa shape index (κ3) is 3.34. The lowest BCUT2D eigenvalue weighted by atomic mass is 9.88. The van der Waals surface area contributed by atoms with Gasteiger partial charge >= 0.3 is 0 Å². The van der Waals surface area contributed by atoms with Crippen LogP contribution in [0.2, 0.25) is 0 Å². The maximum absolute atomic E-state index is 4.65. The van der Waals surface area contributed by atoms with E-state index in [4.69, 9.17) is 0 Å². The lowest BCUT2D eigenvalue weighted by Crippen LogP contribution is -2.66. The van der Waals surface area contributed by atoms with Gasteiger partial charge < -0.3 is 5.32 Å². The van der Waals surface area contributed by atoms with Gasteiger partial charge in [0.05, 0.1) is 5.69 Å². The molecule has 1 unspecified atom stereocenters. The van der Waals surface area contributed by atoms with Crippen molar-refractivity contribution in [3.8, 4) is 0 Å². The smallest absolute Gasteiger partial charge is 0.0547 e. The molecule has 1 N–H and O–H groups in total. The first kappa shape index (κ1) is 14.5. The summed E-state index contributed by atoms with van der Waals surface area (Å²) in [6.07, 6.45) is 1.15. The Kier molecular flexibility index (Phi) is 3.98. The predicted molar refractivity (Wildman–Crippen MR) is 80.2 cm³/mol. The van der Waals surface area contributed by atoms with E-state index in [1.807, 2.05) is 0 Å². The molecule has 1 aliphatic heterocycles. The van der Waals surface area contributed by atoms with Gasteiger partial charge in [0.15, 0.2) is 0 Å². The highest BCUT2D eigenvalue weighted by molar-refractivity contribution is 5.11. The highest BCUT2D eigenvalue weighted by Gasteiger charge is 2.39. The van der Waals surface area contributed by atoms with Crippen molar-refractivity contribution in [1.29, 1.82) is 0 Å². The van der Waals surface area contributed by atoms with Crippen LogP contribution in [-0.2, 0) is 6.54 Å². The van der Waals surface area contributed by atoms with E-state index in [0.29, 0.717) is 0 Å². The van der Waals surface area contributed by atoms with E-state index < -0.39 is 0 Å². The number of piperazine rings is 1. The molecule has 0 radical (unpaired) electrons. The van der Waals surface area contributed by atoms with E-state index in [1.54, 1.807) is 0 Å². The van der Waals surface area contributed by atoms with Crippen LogP contribution in [0.25, 0.3) is 0 Å². The van der Waals surface area contributed by atoms with Crippen molar-refractivity contribution in [2.24, 2.45) is 0 Å². The topological polar surface area (TPSA) is 28.2 Å². The predicted octanol–water partition coefficient (Wildman–Crippen LogP) is 2.74. The first-order valence-electron chi connectivity index (χ1n) is 7.27. The molecule has 1 atom stereocenters. The molecule has 1 saturated heterocycles. The summed E-state index contributed by atoms with van der Waals surface area (Å²) in [7, 11) is 0. The van der Waals surface area contributed by atoms with E-state index in [-0.39, 0.29) is 11.1 Å². The van der Waals surface area contributed by atoms with Gasteiger partial charge in [-0.05, 0) is 46.2 Å². The van der Waals surface area contributed by atoms with E-state index in [1.165, 1.54) is 5.69 Å². The van der Waals surface area contributed by atoms with Crippen molar-refractivity contribution < 1.29 is 0 Å². The van der Waals surface area contributed by atoms with Crippen LogP contribution in [0.15, 0.2) is 18.2 Å². The molecule has 0 saturated carbocycles. The van der Waals surface area contributed by atoms with Crippen molar-refractivity contribution >= 4 is 0 Å². The Balaban J connectivity index is 2.19. The Hall–Kier alpha value is -0.930. The van der Waals surface area contributed by atoms with Crippen LogP contribution in [0.3, 0.4) is 0 Å². The Bertz CT molecular complexity index is 441. The SMILES string of the molecule is CCC1(C)CNC(C)(C)CN1Cc1cccc(C)n1. The van der Waals surface area contributed by atoms with Crippen molar-refractivity contribution in [3.63, 3.8) is 0 Å². The van der Waals surface area contributed by atoms with Gasteiger partial charge in [-0.2, -0.15) is 0 Å². The number of rotatable bonds is 3. The molecule has 1 aromatic rings. The van der Waals surface area contributed by atoms with Gasteiger partial charge in [0.25, 0.3) is 0 Å². The molecule has 3 nitrogen and oxygen atoms in total. The Morgan fingerprint density at radius 1 is 1.32 bits per heavy atom. The Morgan fingerprint density at radius 3 is 2.68 bits per heavy atom. The minimum atomic E-state index is 0.179. The number of pyridine rings is 1. The average Bonchev–Trinajstić information content (AvgIpc) is 2.34. The molecule has 1 fully saturated rings. The number of hydrogen-bond donors (Lipinski definition) is 1. The van der Waals surface area contributed by atoms with Gasteiger partial charge in [-0.15, -0.1) is 0 Å². The molecular formula is C16H27N3. The second-order valence-electron chi connectivity index (χ2n) is 6.71. The molecule has 0 aliphatic carbocycles. The van der Waals surface area contributed by atoms with E-state index in [2.05, 4.69) is 68.0 Å². The van der Waals surface area contributed by atoms with E-state index in [9.17, 15) is 0 Å². The Labute approximate surface area is 117 Å². The fraction of sp³-hybridized carbons (Fsp3) is 0.688. The summed E-state index contributed by atoms with van der Waals surface area (Å²) >= 11 is 0. The Morgan fingerprint density at radius 2 is 2.05 bits per heavy atom. The molecule has 0 bridgehead atoms. The van der Waals surface area contributed by atoms with Crippen LogP contribution in [0.1, 0.15) is 45.5 Å². The van der Waals surface area contributed by atoms with Crippen LogP contribution in [0.5, 0.6) is 0 Å². The zero-order valence-corrected chi connectivity index (χ0v) is 13.0. The highest BCUT2D eigenvalue weighted by Crippen LogP contribution is 2.28. The van der Waals surface area contributed by atoms with Crippen LogP contribution in [-0.4, -0.2) is 34.1 Å². The molecule has 3 heteroatoms. The molecule has 1 aromatic heterocycles. The summed E-state index contributed by atoms with van der Waals surface area (Å²) < 4.78 is 0. The van der Waals surface area contributed by atoms with Gasteiger partial charge in [0.2, 0.25) is 0 Å². The third-order valence-corrected chi connectivity index (χ3v) is 4.36. The zero-order chi connectivity index (χ0) is 14.1. The number of hydrogen-bond acceptors (Lipinski definition) is 3. The maximum atomic E-state index is 4.65. The van der Waals surface area contributed by atoms with Crippen molar-refractivity contribution in [2.45, 2.75) is 58.7 Å². The zero-order valence-electron chi connectivity index (χ0n) is 13.0. The van der Waals surface area contributed by atoms with Gasteiger partial charge in [-0.3, -0.25) is 9.88 Å². The van der Waals surface area contributed by atoms with Crippen LogP contribution in [0, 0.1) is 6.92 Å². The summed E-state index contributed by atoms with van der Waals surface area (Å²) in [6.45, 7) is 14.3. The van der Waals surface area contributed by atoms with Gasteiger partial charge in [0, 0.05) is 36.4 Å². The molecule has 0 spiro atoms. The molecule has 19 heavy (non-hydrogen) atoms. The molecule has 2 rings (SSSR count). The molecule has 106 valence electrons. The van der Waals surface area contributed by atoms with E-state index in [0.717, 1.165) is 31.7 Å². The fourth-order valence-electron chi connectivity index (χ4n) is 2.74. The third-order valence-electron chi connectivity index (χ3n) is 4.36. The number of nitrogens with zero attached hydrogens (tertiary/aromatic N) is 2. The fourth-order valence-corrected chi connectivity index (χ4v) is 2.74. The van der Waals surface area contributed by atoms with Crippen LogP contribution >= 0.6 is 0 Å². The number of aryl methyl sites for hydroxylation is 1. The number of aromatic nitrogens is 1. The van der Waals surface area contributed by atoms with Crippen LogP contribution in [0.4, 0.5) is 0 Å². The lowest BCUT2D eigenvalue weighted by Gasteiger charge is -2.51. The minimum Gasteiger partial charge on any atom is -0.309 e. The summed E-state index contributed by atoms with van der Waals surface area (Å²) in [6, 6.07) is 6.30. The standard InChI is InChI=1S/C16H27N3/c1-6-16(5)11-17-15(3,4)12-19(16)10-14-9-7-8-13(2)18-14/h7-9,17H,6,10-12H2,1-5H3. The molecule has 0 amide bonds. The van der Waals surface area contributed by atoms with Crippen molar-refractivity contribution in [3.05, 3.63) is 29.6 Å². The largest absolute Gasteiger partial charge is 0.309 e. The monoisotopic (exact) mass is 261 g/mol. The first-order valence-corrected chi connectivity index (χ1v) is 7.27. The molecule has 0 aromatic carbocycles. The maximum Gasteiger partial charge on any atom is 0.0547 e. The summed E-state index contributed by atoms with van der Waals surface area (Å²) in [4.78, 5) is 7.24. The van der Waals surface area contributed by atoms with Gasteiger partial charge in [-0.25, -0.2) is 0 Å². The van der Waals surface area contributed by atoms with E-state index >= 15 is 0 Å².